The molecule has 1 N–H and O–H groups in total. The largest absolute Gasteiger partial charge is 0.485 e. The van der Waals surface area contributed by atoms with Crippen molar-refractivity contribution in [3.8, 4) is 17.2 Å². The van der Waals surface area contributed by atoms with Crippen molar-refractivity contribution in [2.45, 2.75) is 18.6 Å². The molecule has 152 valence electrons. The number of hydrogen-bond acceptors (Lipinski definition) is 6. The molecule has 9 heteroatoms. The Kier molecular flexibility index (Phi) is 5.11. The van der Waals surface area contributed by atoms with Crippen molar-refractivity contribution in [1.82, 2.24) is 4.90 Å². The number of fused-ring (bicyclic) bond motifs is 1. The normalized spacial score (nSPS) is 19.7. The minimum Gasteiger partial charge on any atom is -0.485 e. The van der Waals surface area contributed by atoms with E-state index in [0.717, 1.165) is 0 Å². The molecule has 1 fully saturated rings. The standard InChI is InChI=1S/C20H19FN2O6/c1-26-19(24)15-9-13(29-16-5-3-2-4-14(16)21)10-23(15)20(25)22-12-6-7-17-18(8-12)28-11-27-17/h2-8,13,15H,9-11H2,1H3,(H,22,25)/t13-,15+/m0/s1. The summed E-state index contributed by atoms with van der Waals surface area (Å²) in [7, 11) is 1.25. The Balaban J connectivity index is 1.48. The molecule has 2 atom stereocenters. The summed E-state index contributed by atoms with van der Waals surface area (Å²) in [6, 6.07) is 9.63. The molecule has 2 aromatic rings. The van der Waals surface area contributed by atoms with Gasteiger partial charge < -0.3 is 29.2 Å². The van der Waals surface area contributed by atoms with Crippen molar-refractivity contribution in [2.75, 3.05) is 25.8 Å². The zero-order valence-electron chi connectivity index (χ0n) is 15.6. The van der Waals surface area contributed by atoms with E-state index < -0.39 is 30.0 Å². The number of likely N-dealkylation sites (tertiary alicyclic amines) is 1. The number of carbonyl (C=O) groups excluding carboxylic acids is 2. The maximum absolute atomic E-state index is 13.9. The Bertz CT molecular complexity index is 937. The van der Waals surface area contributed by atoms with Gasteiger partial charge in [-0.15, -0.1) is 0 Å². The van der Waals surface area contributed by atoms with Crippen LogP contribution >= 0.6 is 0 Å². The molecule has 2 heterocycles. The predicted molar refractivity (Wildman–Crippen MR) is 99.5 cm³/mol. The summed E-state index contributed by atoms with van der Waals surface area (Å²) in [6.07, 6.45) is -0.367. The second-order valence-electron chi connectivity index (χ2n) is 6.60. The van der Waals surface area contributed by atoms with Crippen molar-refractivity contribution in [2.24, 2.45) is 0 Å². The van der Waals surface area contributed by atoms with Gasteiger partial charge in [0.05, 0.1) is 13.7 Å². The van der Waals surface area contributed by atoms with E-state index in [1.165, 1.54) is 24.1 Å². The number of urea groups is 1. The fourth-order valence-corrected chi connectivity index (χ4v) is 3.36. The minimum absolute atomic E-state index is 0.0687. The first-order chi connectivity index (χ1) is 14.0. The minimum atomic E-state index is -0.842. The summed E-state index contributed by atoms with van der Waals surface area (Å²) < 4.78 is 34.9. The molecule has 0 aromatic heterocycles. The highest BCUT2D eigenvalue weighted by Crippen LogP contribution is 2.34. The van der Waals surface area contributed by atoms with Crippen molar-refractivity contribution in [3.05, 3.63) is 48.3 Å². The molecule has 0 spiro atoms. The number of esters is 1. The number of nitrogens with one attached hydrogen (secondary N) is 1. The number of carbonyl (C=O) groups is 2. The van der Waals surface area contributed by atoms with Crippen LogP contribution in [0.5, 0.6) is 17.2 Å². The smallest absolute Gasteiger partial charge is 0.328 e. The van der Waals surface area contributed by atoms with Gasteiger partial charge in [-0.1, -0.05) is 12.1 Å². The average Bonchev–Trinajstić information content (AvgIpc) is 3.35. The van der Waals surface area contributed by atoms with Crippen molar-refractivity contribution in [3.63, 3.8) is 0 Å². The first kappa shape index (κ1) is 18.9. The van der Waals surface area contributed by atoms with E-state index in [4.69, 9.17) is 18.9 Å². The molecule has 8 nitrogen and oxygen atoms in total. The maximum atomic E-state index is 13.9. The predicted octanol–water partition coefficient (Wildman–Crippen LogP) is 2.78. The number of rotatable bonds is 4. The number of benzene rings is 2. The van der Waals surface area contributed by atoms with Gasteiger partial charge in [0, 0.05) is 18.2 Å². The molecule has 2 aromatic carbocycles. The second-order valence-corrected chi connectivity index (χ2v) is 6.60. The van der Waals surface area contributed by atoms with Crippen LogP contribution in [0.2, 0.25) is 0 Å². The van der Waals surface area contributed by atoms with Gasteiger partial charge in [0.2, 0.25) is 6.79 Å². The number of nitrogens with zero attached hydrogens (tertiary/aromatic N) is 1. The lowest BCUT2D eigenvalue weighted by atomic mass is 10.2. The summed E-state index contributed by atoms with van der Waals surface area (Å²) in [4.78, 5) is 26.3. The molecule has 0 aliphatic carbocycles. The van der Waals surface area contributed by atoms with Gasteiger partial charge in [0.1, 0.15) is 12.1 Å². The summed E-state index contributed by atoms with van der Waals surface area (Å²) in [6.45, 7) is 0.225. The monoisotopic (exact) mass is 402 g/mol. The van der Waals surface area contributed by atoms with Gasteiger partial charge in [0.15, 0.2) is 23.1 Å². The number of hydrogen-bond donors (Lipinski definition) is 1. The molecule has 0 saturated carbocycles. The highest BCUT2D eigenvalue weighted by Gasteiger charge is 2.42. The summed E-state index contributed by atoms with van der Waals surface area (Å²) >= 11 is 0. The Labute approximate surface area is 166 Å². The van der Waals surface area contributed by atoms with Crippen LogP contribution < -0.4 is 19.5 Å². The third kappa shape index (κ3) is 3.89. The van der Waals surface area contributed by atoms with Crippen LogP contribution in [-0.4, -0.2) is 49.5 Å². The lowest BCUT2D eigenvalue weighted by molar-refractivity contribution is -0.144. The fraction of sp³-hybridized carbons (Fsp3) is 0.300. The maximum Gasteiger partial charge on any atom is 0.328 e. The van der Waals surface area contributed by atoms with Crippen LogP contribution in [0.3, 0.4) is 0 Å². The van der Waals surface area contributed by atoms with Crippen LogP contribution in [0, 0.1) is 5.82 Å². The number of para-hydroxylation sites is 1. The van der Waals surface area contributed by atoms with Crippen LogP contribution in [0.1, 0.15) is 6.42 Å². The molecular weight excluding hydrogens is 383 g/mol. The highest BCUT2D eigenvalue weighted by atomic mass is 19.1. The zero-order valence-corrected chi connectivity index (χ0v) is 15.6. The Hall–Kier alpha value is -3.49. The third-order valence-electron chi connectivity index (χ3n) is 4.75. The Morgan fingerprint density at radius 3 is 2.76 bits per heavy atom. The van der Waals surface area contributed by atoms with Gasteiger partial charge >= 0.3 is 12.0 Å². The van der Waals surface area contributed by atoms with E-state index in [2.05, 4.69) is 5.32 Å². The molecule has 2 aliphatic heterocycles. The van der Waals surface area contributed by atoms with Gasteiger partial charge in [-0.05, 0) is 24.3 Å². The quantitative estimate of drug-likeness (QED) is 0.792. The number of amides is 2. The van der Waals surface area contributed by atoms with Crippen LogP contribution in [-0.2, 0) is 9.53 Å². The van der Waals surface area contributed by atoms with E-state index in [0.29, 0.717) is 17.2 Å². The van der Waals surface area contributed by atoms with E-state index in [1.54, 1.807) is 30.3 Å². The SMILES string of the molecule is COC(=O)[C@H]1C[C@H](Oc2ccccc2F)CN1C(=O)Nc1ccc2c(c1)OCO2. The van der Waals surface area contributed by atoms with Crippen molar-refractivity contribution in [1.29, 1.82) is 0 Å². The molecule has 29 heavy (non-hydrogen) atoms. The molecule has 0 radical (unpaired) electrons. The van der Waals surface area contributed by atoms with Gasteiger partial charge in [-0.3, -0.25) is 0 Å². The summed E-state index contributed by atoms with van der Waals surface area (Å²) in [5.74, 6) is 0.111. The lowest BCUT2D eigenvalue weighted by Crippen LogP contribution is -2.43. The molecule has 0 bridgehead atoms. The first-order valence-electron chi connectivity index (χ1n) is 9.01. The molecular formula is C20H19FN2O6. The number of anilines is 1. The summed E-state index contributed by atoms with van der Waals surface area (Å²) in [5, 5.41) is 2.73. The Morgan fingerprint density at radius 2 is 1.97 bits per heavy atom. The van der Waals surface area contributed by atoms with Gasteiger partial charge in [-0.25, -0.2) is 14.0 Å². The number of ether oxygens (including phenoxy) is 4. The van der Waals surface area contributed by atoms with Gasteiger partial charge in [0.25, 0.3) is 0 Å². The molecule has 2 aliphatic rings. The second kappa shape index (κ2) is 7.86. The number of halogens is 1. The van der Waals surface area contributed by atoms with Crippen LogP contribution in [0.4, 0.5) is 14.9 Å². The molecule has 0 unspecified atom stereocenters. The average molecular weight is 402 g/mol. The van der Waals surface area contributed by atoms with E-state index in [-0.39, 0.29) is 25.5 Å². The number of methoxy groups -OCH3 is 1. The Morgan fingerprint density at radius 1 is 1.17 bits per heavy atom. The zero-order chi connectivity index (χ0) is 20.4. The molecule has 4 rings (SSSR count). The first-order valence-corrected chi connectivity index (χ1v) is 9.01. The summed E-state index contributed by atoms with van der Waals surface area (Å²) in [5.41, 5.74) is 0.487. The molecule has 2 amide bonds. The lowest BCUT2D eigenvalue weighted by Gasteiger charge is -2.22. The fourth-order valence-electron chi connectivity index (χ4n) is 3.36. The topological polar surface area (TPSA) is 86.3 Å². The van der Waals surface area contributed by atoms with E-state index >= 15 is 0 Å². The van der Waals surface area contributed by atoms with Crippen molar-refractivity contribution >= 4 is 17.7 Å². The highest BCUT2D eigenvalue weighted by molar-refractivity contribution is 5.93. The van der Waals surface area contributed by atoms with E-state index in [9.17, 15) is 14.0 Å². The van der Waals surface area contributed by atoms with Crippen LogP contribution in [0.25, 0.3) is 0 Å². The van der Waals surface area contributed by atoms with Gasteiger partial charge in [-0.2, -0.15) is 0 Å². The van der Waals surface area contributed by atoms with Crippen LogP contribution in [0.15, 0.2) is 42.5 Å². The molecule has 1 saturated heterocycles. The van der Waals surface area contributed by atoms with E-state index in [1.807, 2.05) is 0 Å². The van der Waals surface area contributed by atoms with Crippen molar-refractivity contribution < 1.29 is 32.9 Å². The third-order valence-corrected chi connectivity index (χ3v) is 4.75.